The number of anilines is 1. The Kier molecular flexibility index (Phi) is 6.18. The van der Waals surface area contributed by atoms with E-state index < -0.39 is 0 Å². The number of rotatable bonds is 7. The predicted molar refractivity (Wildman–Crippen MR) is 117 cm³/mol. The van der Waals surface area contributed by atoms with Crippen LogP contribution in [0.3, 0.4) is 0 Å². The number of nitrogens with zero attached hydrogens (tertiary/aromatic N) is 3. The van der Waals surface area contributed by atoms with Crippen LogP contribution in [0, 0.1) is 6.92 Å². The Hall–Kier alpha value is -3.79. The van der Waals surface area contributed by atoms with Gasteiger partial charge in [0.2, 0.25) is 17.6 Å². The molecule has 2 aromatic carbocycles. The summed E-state index contributed by atoms with van der Waals surface area (Å²) in [6, 6.07) is 15.5. The molecule has 0 unspecified atom stereocenters. The second-order valence-electron chi connectivity index (χ2n) is 6.81. The summed E-state index contributed by atoms with van der Waals surface area (Å²) in [6.45, 7) is 1.99. The molecule has 0 saturated carbocycles. The zero-order valence-corrected chi connectivity index (χ0v) is 17.5. The number of aromatic nitrogens is 3. The van der Waals surface area contributed by atoms with Crippen molar-refractivity contribution >= 4 is 38.5 Å². The first-order valence-corrected chi connectivity index (χ1v) is 10.5. The first-order valence-electron chi connectivity index (χ1n) is 9.63. The van der Waals surface area contributed by atoms with Gasteiger partial charge in [0, 0.05) is 18.4 Å². The highest BCUT2D eigenvalue weighted by atomic mass is 32.1. The number of benzene rings is 2. The molecule has 0 aliphatic rings. The smallest absolute Gasteiger partial charge is 0.257 e. The standard InChI is InChI=1S/C21H20N6O3S/c1-13-6-8-14(9-7-13)20-24-19(30-27-20)11-10-17(28)25-26-18(29)12-22-21-23-15-4-2-3-5-16(15)31-21/h2-9H,10-12H2,1H3,(H,22,23)(H,25,28)(H,26,29). The van der Waals surface area contributed by atoms with E-state index in [2.05, 4.69) is 31.3 Å². The highest BCUT2D eigenvalue weighted by Gasteiger charge is 2.12. The van der Waals surface area contributed by atoms with Crippen LogP contribution in [0.5, 0.6) is 0 Å². The summed E-state index contributed by atoms with van der Waals surface area (Å²) in [5, 5.41) is 7.53. The summed E-state index contributed by atoms with van der Waals surface area (Å²) in [4.78, 5) is 32.6. The van der Waals surface area contributed by atoms with Crippen LogP contribution in [-0.4, -0.2) is 33.5 Å². The summed E-state index contributed by atoms with van der Waals surface area (Å²) >= 11 is 1.46. The highest BCUT2D eigenvalue weighted by molar-refractivity contribution is 7.22. The minimum atomic E-state index is -0.382. The zero-order valence-electron chi connectivity index (χ0n) is 16.7. The van der Waals surface area contributed by atoms with Crippen LogP contribution < -0.4 is 16.2 Å². The fraction of sp³-hybridized carbons (Fsp3) is 0.190. The number of para-hydroxylation sites is 1. The molecule has 0 aliphatic carbocycles. The van der Waals surface area contributed by atoms with Crippen LogP contribution in [0.4, 0.5) is 5.13 Å². The SMILES string of the molecule is Cc1ccc(-c2noc(CCC(=O)NNC(=O)CNc3nc4ccccc4s3)n2)cc1. The molecular weight excluding hydrogens is 416 g/mol. The first-order chi connectivity index (χ1) is 15.1. The molecule has 0 spiro atoms. The average molecular weight is 436 g/mol. The molecule has 0 fully saturated rings. The Bertz CT molecular complexity index is 1170. The second-order valence-corrected chi connectivity index (χ2v) is 7.85. The fourth-order valence-corrected chi connectivity index (χ4v) is 3.61. The van der Waals surface area contributed by atoms with Gasteiger partial charge < -0.3 is 9.84 Å². The van der Waals surface area contributed by atoms with Crippen molar-refractivity contribution in [2.24, 2.45) is 0 Å². The van der Waals surface area contributed by atoms with Crippen LogP contribution in [0.25, 0.3) is 21.6 Å². The normalized spacial score (nSPS) is 10.7. The fourth-order valence-electron chi connectivity index (χ4n) is 2.75. The highest BCUT2D eigenvalue weighted by Crippen LogP contribution is 2.25. The van der Waals surface area contributed by atoms with E-state index in [0.717, 1.165) is 21.3 Å². The third kappa shape index (κ3) is 5.43. The van der Waals surface area contributed by atoms with E-state index >= 15 is 0 Å². The van der Waals surface area contributed by atoms with Gasteiger partial charge in [-0.05, 0) is 19.1 Å². The number of fused-ring (bicyclic) bond motifs is 1. The molecule has 2 heterocycles. The molecule has 3 N–H and O–H groups in total. The quantitative estimate of drug-likeness (QED) is 0.381. The van der Waals surface area contributed by atoms with Gasteiger partial charge >= 0.3 is 0 Å². The topological polar surface area (TPSA) is 122 Å². The molecular formula is C21H20N6O3S. The lowest BCUT2D eigenvalue weighted by atomic mass is 10.1. The van der Waals surface area contributed by atoms with E-state index in [4.69, 9.17) is 4.52 Å². The van der Waals surface area contributed by atoms with Crippen molar-refractivity contribution in [2.75, 3.05) is 11.9 Å². The second kappa shape index (κ2) is 9.35. The molecule has 2 amide bonds. The molecule has 10 heteroatoms. The van der Waals surface area contributed by atoms with Crippen molar-refractivity contribution in [1.29, 1.82) is 0 Å². The monoisotopic (exact) mass is 436 g/mol. The van der Waals surface area contributed by atoms with E-state index in [9.17, 15) is 9.59 Å². The maximum absolute atomic E-state index is 12.0. The molecule has 0 radical (unpaired) electrons. The van der Waals surface area contributed by atoms with Gasteiger partial charge in [0.1, 0.15) is 0 Å². The van der Waals surface area contributed by atoms with Crippen LogP contribution in [0.1, 0.15) is 17.9 Å². The summed E-state index contributed by atoms with van der Waals surface area (Å²) < 4.78 is 6.23. The van der Waals surface area contributed by atoms with Crippen LogP contribution in [0.15, 0.2) is 53.1 Å². The van der Waals surface area contributed by atoms with Gasteiger partial charge in [-0.2, -0.15) is 4.98 Å². The molecule has 2 aromatic heterocycles. The third-order valence-corrected chi connectivity index (χ3v) is 5.37. The van der Waals surface area contributed by atoms with E-state index in [-0.39, 0.29) is 31.2 Å². The van der Waals surface area contributed by atoms with Gasteiger partial charge in [-0.1, -0.05) is 58.5 Å². The minimum Gasteiger partial charge on any atom is -0.352 e. The van der Waals surface area contributed by atoms with Gasteiger partial charge in [-0.3, -0.25) is 20.4 Å². The Morgan fingerprint density at radius 1 is 1.00 bits per heavy atom. The molecule has 0 atom stereocenters. The first kappa shape index (κ1) is 20.5. The number of carbonyl (C=O) groups is 2. The van der Waals surface area contributed by atoms with Crippen molar-refractivity contribution in [3.05, 3.63) is 60.0 Å². The molecule has 4 rings (SSSR count). The number of nitrogens with one attached hydrogen (secondary N) is 3. The van der Waals surface area contributed by atoms with Gasteiger partial charge in [0.05, 0.1) is 16.8 Å². The van der Waals surface area contributed by atoms with Crippen LogP contribution in [-0.2, 0) is 16.0 Å². The number of hydrazine groups is 1. The van der Waals surface area contributed by atoms with Gasteiger partial charge in [-0.15, -0.1) is 0 Å². The molecule has 4 aromatic rings. The number of carbonyl (C=O) groups excluding carboxylic acids is 2. The number of amides is 2. The van der Waals surface area contributed by atoms with Crippen molar-refractivity contribution in [3.8, 4) is 11.4 Å². The molecule has 31 heavy (non-hydrogen) atoms. The minimum absolute atomic E-state index is 0.0102. The van der Waals surface area contributed by atoms with Crippen LogP contribution in [0.2, 0.25) is 0 Å². The van der Waals surface area contributed by atoms with Gasteiger partial charge in [0.15, 0.2) is 5.13 Å². The Morgan fingerprint density at radius 2 is 1.77 bits per heavy atom. The summed E-state index contributed by atoms with van der Waals surface area (Å²) in [5.41, 5.74) is 7.60. The van der Waals surface area contributed by atoms with E-state index in [0.29, 0.717) is 16.8 Å². The predicted octanol–water partition coefficient (Wildman–Crippen LogP) is 2.85. The third-order valence-electron chi connectivity index (χ3n) is 4.38. The van der Waals surface area contributed by atoms with Crippen molar-refractivity contribution < 1.29 is 14.1 Å². The summed E-state index contributed by atoms with van der Waals surface area (Å²) in [6.07, 6.45) is 0.367. The summed E-state index contributed by atoms with van der Waals surface area (Å²) in [5.74, 6) is 0.0923. The molecule has 0 bridgehead atoms. The molecule has 0 saturated heterocycles. The largest absolute Gasteiger partial charge is 0.352 e. The molecule has 9 nitrogen and oxygen atoms in total. The molecule has 0 aliphatic heterocycles. The number of hydrogen-bond acceptors (Lipinski definition) is 8. The Balaban J connectivity index is 1.18. The van der Waals surface area contributed by atoms with E-state index in [1.54, 1.807) is 0 Å². The maximum Gasteiger partial charge on any atom is 0.257 e. The zero-order chi connectivity index (χ0) is 21.6. The van der Waals surface area contributed by atoms with Crippen molar-refractivity contribution in [3.63, 3.8) is 0 Å². The number of thiazole rings is 1. The van der Waals surface area contributed by atoms with E-state index in [1.165, 1.54) is 11.3 Å². The number of aryl methyl sites for hydroxylation is 2. The van der Waals surface area contributed by atoms with Crippen LogP contribution >= 0.6 is 11.3 Å². The average Bonchev–Trinajstić information content (AvgIpc) is 3.42. The maximum atomic E-state index is 12.0. The summed E-state index contributed by atoms with van der Waals surface area (Å²) in [7, 11) is 0. The van der Waals surface area contributed by atoms with Gasteiger partial charge in [-0.25, -0.2) is 4.98 Å². The lowest BCUT2D eigenvalue weighted by Crippen LogP contribution is -2.44. The Morgan fingerprint density at radius 3 is 2.58 bits per heavy atom. The number of hydrogen-bond donors (Lipinski definition) is 3. The van der Waals surface area contributed by atoms with E-state index in [1.807, 2.05) is 55.5 Å². The lowest BCUT2D eigenvalue weighted by Gasteiger charge is -2.07. The lowest BCUT2D eigenvalue weighted by molar-refractivity contribution is -0.128. The molecule has 158 valence electrons. The van der Waals surface area contributed by atoms with Gasteiger partial charge in [0.25, 0.3) is 5.91 Å². The van der Waals surface area contributed by atoms with Crippen molar-refractivity contribution in [2.45, 2.75) is 19.8 Å². The Labute approximate surface area is 181 Å². The van der Waals surface area contributed by atoms with Crippen molar-refractivity contribution in [1.82, 2.24) is 26.0 Å².